The van der Waals surface area contributed by atoms with Crippen LogP contribution in [0.25, 0.3) is 22.4 Å². The van der Waals surface area contributed by atoms with Crippen LogP contribution in [-0.2, 0) is 24.1 Å². The summed E-state index contributed by atoms with van der Waals surface area (Å²) in [5.74, 6) is -1.07. The summed E-state index contributed by atoms with van der Waals surface area (Å²) in [7, 11) is 0. The van der Waals surface area contributed by atoms with Gasteiger partial charge in [0.1, 0.15) is 18.2 Å². The van der Waals surface area contributed by atoms with Gasteiger partial charge in [-0.25, -0.2) is 0 Å². The van der Waals surface area contributed by atoms with E-state index in [1.165, 1.54) is 27.7 Å². The summed E-state index contributed by atoms with van der Waals surface area (Å²) < 4.78 is 44.0. The molecule has 7 nitrogen and oxygen atoms in total. The summed E-state index contributed by atoms with van der Waals surface area (Å²) in [6, 6.07) is 14.3. The number of hydrogen-bond acceptors (Lipinski definition) is 4. The van der Waals surface area contributed by atoms with Gasteiger partial charge in [0.2, 0.25) is 0 Å². The van der Waals surface area contributed by atoms with E-state index in [1.807, 2.05) is 26.0 Å². The summed E-state index contributed by atoms with van der Waals surface area (Å²) in [5.41, 5.74) is 0.713. The predicted octanol–water partition coefficient (Wildman–Crippen LogP) is 5.02. The molecule has 0 fully saturated rings. The van der Waals surface area contributed by atoms with Gasteiger partial charge in [-0.3, -0.25) is 14.3 Å². The van der Waals surface area contributed by atoms with Crippen molar-refractivity contribution in [1.29, 1.82) is 5.26 Å². The number of alkyl halides is 3. The fraction of sp³-hybridized carbons (Fsp3) is 0.185. The first-order valence-electron chi connectivity index (χ1n) is 11.1. The topological polar surface area (TPSA) is 101 Å². The number of aliphatic carboxylic acids is 1. The van der Waals surface area contributed by atoms with E-state index < -0.39 is 28.8 Å². The first-order chi connectivity index (χ1) is 17.5. The SMILES string of the molecule is Cc1ccc(Cn2c(-c3cccc(-c4cnn(CC(=O)O)c4)c3)cc(C(F)(F)F)c(C#N)c2=O)c(C)c1. The van der Waals surface area contributed by atoms with Crippen molar-refractivity contribution in [2.75, 3.05) is 0 Å². The van der Waals surface area contributed by atoms with E-state index in [2.05, 4.69) is 5.10 Å². The minimum absolute atomic E-state index is 0.00363. The van der Waals surface area contributed by atoms with Gasteiger partial charge in [0.05, 0.1) is 24.0 Å². The van der Waals surface area contributed by atoms with Gasteiger partial charge in [-0.1, -0.05) is 42.0 Å². The highest BCUT2D eigenvalue weighted by Gasteiger charge is 2.36. The second-order valence-corrected chi connectivity index (χ2v) is 8.65. The molecule has 0 spiro atoms. The van der Waals surface area contributed by atoms with Crippen LogP contribution in [0.4, 0.5) is 13.2 Å². The Morgan fingerprint density at radius 3 is 2.46 bits per heavy atom. The Morgan fingerprint density at radius 1 is 1.08 bits per heavy atom. The molecule has 4 aromatic rings. The van der Waals surface area contributed by atoms with Crippen LogP contribution in [0.3, 0.4) is 0 Å². The fourth-order valence-electron chi connectivity index (χ4n) is 4.16. The van der Waals surface area contributed by atoms with Gasteiger partial charge in [0.25, 0.3) is 5.56 Å². The number of carboxylic acid groups (broad SMARTS) is 1. The summed E-state index contributed by atoms with van der Waals surface area (Å²) in [5, 5.41) is 22.4. The average Bonchev–Trinajstić information content (AvgIpc) is 3.28. The van der Waals surface area contributed by atoms with Crippen molar-refractivity contribution in [3.8, 4) is 28.5 Å². The lowest BCUT2D eigenvalue weighted by atomic mass is 9.99. The van der Waals surface area contributed by atoms with E-state index in [9.17, 15) is 28.0 Å². The highest BCUT2D eigenvalue weighted by Crippen LogP contribution is 2.35. The van der Waals surface area contributed by atoms with Crippen molar-refractivity contribution in [1.82, 2.24) is 14.3 Å². The maximum absolute atomic E-state index is 13.9. The van der Waals surface area contributed by atoms with Crippen molar-refractivity contribution in [2.24, 2.45) is 0 Å². The zero-order chi connectivity index (χ0) is 26.9. The van der Waals surface area contributed by atoms with Gasteiger partial charge in [-0.05, 0) is 48.2 Å². The van der Waals surface area contributed by atoms with Gasteiger partial charge in [0, 0.05) is 11.8 Å². The largest absolute Gasteiger partial charge is 0.480 e. The first-order valence-corrected chi connectivity index (χ1v) is 11.1. The first kappa shape index (κ1) is 25.4. The molecule has 37 heavy (non-hydrogen) atoms. The van der Waals surface area contributed by atoms with Gasteiger partial charge in [0.15, 0.2) is 0 Å². The minimum Gasteiger partial charge on any atom is -0.480 e. The highest BCUT2D eigenvalue weighted by molar-refractivity contribution is 5.72. The molecule has 0 aliphatic rings. The maximum Gasteiger partial charge on any atom is 0.417 e. The molecule has 0 amide bonds. The van der Waals surface area contributed by atoms with Crippen molar-refractivity contribution in [3.63, 3.8) is 0 Å². The molecule has 1 N–H and O–H groups in total. The Morgan fingerprint density at radius 2 is 1.81 bits per heavy atom. The summed E-state index contributed by atoms with van der Waals surface area (Å²) in [4.78, 5) is 24.2. The molecule has 2 aromatic heterocycles. The number of carbonyl (C=O) groups is 1. The molecule has 0 atom stereocenters. The highest BCUT2D eigenvalue weighted by atomic mass is 19.4. The van der Waals surface area contributed by atoms with Gasteiger partial charge >= 0.3 is 12.1 Å². The Balaban J connectivity index is 1.92. The minimum atomic E-state index is -4.91. The molecule has 2 heterocycles. The molecule has 0 saturated carbocycles. The van der Waals surface area contributed by atoms with Crippen LogP contribution in [0.2, 0.25) is 0 Å². The van der Waals surface area contributed by atoms with E-state index in [-0.39, 0.29) is 18.8 Å². The number of pyridine rings is 1. The van der Waals surface area contributed by atoms with E-state index in [4.69, 9.17) is 5.11 Å². The van der Waals surface area contributed by atoms with E-state index in [1.54, 1.807) is 30.3 Å². The van der Waals surface area contributed by atoms with Gasteiger partial charge < -0.3 is 9.67 Å². The molecular formula is C27H21F3N4O3. The van der Waals surface area contributed by atoms with Crippen LogP contribution >= 0.6 is 0 Å². The third-order valence-electron chi connectivity index (χ3n) is 5.97. The lowest BCUT2D eigenvalue weighted by Gasteiger charge is -2.19. The second-order valence-electron chi connectivity index (χ2n) is 8.65. The monoisotopic (exact) mass is 506 g/mol. The molecule has 4 rings (SSSR count). The van der Waals surface area contributed by atoms with Gasteiger partial charge in [-0.15, -0.1) is 0 Å². The molecular weight excluding hydrogens is 485 g/mol. The lowest BCUT2D eigenvalue weighted by Crippen LogP contribution is -2.29. The number of nitrogens with zero attached hydrogens (tertiary/aromatic N) is 4. The Bertz CT molecular complexity index is 1610. The number of hydrogen-bond donors (Lipinski definition) is 1. The summed E-state index contributed by atoms with van der Waals surface area (Å²) in [6.45, 7) is 3.37. The molecule has 0 aliphatic heterocycles. The van der Waals surface area contributed by atoms with E-state index in [0.29, 0.717) is 16.7 Å². The second kappa shape index (κ2) is 9.78. The number of carboxylic acids is 1. The fourth-order valence-corrected chi connectivity index (χ4v) is 4.16. The molecule has 188 valence electrons. The standard InChI is InChI=1S/C27H21F3N4O3/c1-16-6-7-20(17(2)8-16)14-34-24(10-23(27(28,29)30)22(11-31)26(34)37)19-5-3-4-18(9-19)21-12-32-33(13-21)15-25(35)36/h3-10,12-13H,14-15H2,1-2H3,(H,35,36). The molecule has 0 bridgehead atoms. The zero-order valence-corrected chi connectivity index (χ0v) is 19.9. The van der Waals surface area contributed by atoms with Crippen LogP contribution in [-0.4, -0.2) is 25.4 Å². The molecule has 2 aromatic carbocycles. The van der Waals surface area contributed by atoms with Crippen molar-refractivity contribution >= 4 is 5.97 Å². The van der Waals surface area contributed by atoms with Crippen molar-refractivity contribution < 1.29 is 23.1 Å². The molecule has 0 unspecified atom stereocenters. The van der Waals surface area contributed by atoms with Crippen molar-refractivity contribution in [2.45, 2.75) is 33.1 Å². The molecule has 0 saturated heterocycles. The van der Waals surface area contributed by atoms with E-state index >= 15 is 0 Å². The van der Waals surface area contributed by atoms with Crippen LogP contribution < -0.4 is 5.56 Å². The molecule has 10 heteroatoms. The van der Waals surface area contributed by atoms with Crippen LogP contribution in [0.5, 0.6) is 0 Å². The van der Waals surface area contributed by atoms with Crippen molar-refractivity contribution in [3.05, 3.63) is 99.1 Å². The Labute approximate surface area is 209 Å². The number of rotatable bonds is 6. The summed E-state index contributed by atoms with van der Waals surface area (Å²) >= 11 is 0. The number of aromatic nitrogens is 3. The Hall–Kier alpha value is -4.65. The Kier molecular flexibility index (Phi) is 6.72. The molecule has 0 aliphatic carbocycles. The predicted molar refractivity (Wildman–Crippen MR) is 130 cm³/mol. The number of nitriles is 1. The van der Waals surface area contributed by atoms with Crippen LogP contribution in [0, 0.1) is 25.2 Å². The number of aryl methyl sites for hydroxylation is 2. The van der Waals surface area contributed by atoms with Crippen LogP contribution in [0.15, 0.2) is 65.7 Å². The number of benzene rings is 2. The molecule has 0 radical (unpaired) electrons. The maximum atomic E-state index is 13.9. The smallest absolute Gasteiger partial charge is 0.417 e. The third kappa shape index (κ3) is 5.30. The van der Waals surface area contributed by atoms with Crippen LogP contribution in [0.1, 0.15) is 27.8 Å². The number of halogens is 3. The third-order valence-corrected chi connectivity index (χ3v) is 5.97. The normalized spacial score (nSPS) is 11.4. The van der Waals surface area contributed by atoms with E-state index in [0.717, 1.165) is 22.8 Å². The average molecular weight is 506 g/mol. The summed E-state index contributed by atoms with van der Waals surface area (Å²) in [6.07, 6.45) is -1.95. The van der Waals surface area contributed by atoms with Gasteiger partial charge in [-0.2, -0.15) is 23.5 Å². The lowest BCUT2D eigenvalue weighted by molar-refractivity contribution is -0.138. The quantitative estimate of drug-likeness (QED) is 0.396. The zero-order valence-electron chi connectivity index (χ0n) is 19.9.